The first-order chi connectivity index (χ1) is 15.0. The van der Waals surface area contributed by atoms with E-state index >= 15 is 0 Å². The second-order valence-corrected chi connectivity index (χ2v) is 7.95. The normalized spacial score (nSPS) is 12.3. The highest BCUT2D eigenvalue weighted by atomic mass is 127. The molecule has 0 aliphatic heterocycles. The fourth-order valence-corrected chi connectivity index (χ4v) is 3.04. The number of unbranched alkanes of at least 4 members (excludes halogenated alkanes) is 1. The number of amides is 3. The SMILES string of the molecule is O=C(O)CC[C@H](NC(=O)N[C@@H](CCCCNC(=O)c1ccc(I)cc1F)C(=O)O)C(=O)O. The van der Waals surface area contributed by atoms with Crippen LogP contribution in [0.3, 0.4) is 0 Å². The molecule has 1 aromatic rings. The van der Waals surface area contributed by atoms with E-state index < -0.39 is 54.2 Å². The molecule has 0 aliphatic rings. The minimum absolute atomic E-state index is 0.0105. The van der Waals surface area contributed by atoms with E-state index in [0.29, 0.717) is 9.99 Å². The molecule has 176 valence electrons. The maximum atomic E-state index is 13.8. The summed E-state index contributed by atoms with van der Waals surface area (Å²) in [4.78, 5) is 56.9. The van der Waals surface area contributed by atoms with Gasteiger partial charge in [-0.1, -0.05) is 0 Å². The molecule has 0 aliphatic carbocycles. The summed E-state index contributed by atoms with van der Waals surface area (Å²) in [5.74, 6) is -5.29. The minimum atomic E-state index is -1.49. The molecule has 0 fully saturated rings. The molecular formula is C19H23FIN3O8. The van der Waals surface area contributed by atoms with Crippen LogP contribution < -0.4 is 16.0 Å². The summed E-state index contributed by atoms with van der Waals surface area (Å²) in [6, 6.07) is 0.295. The molecule has 0 unspecified atom stereocenters. The molecule has 0 heterocycles. The van der Waals surface area contributed by atoms with Gasteiger partial charge in [0, 0.05) is 16.5 Å². The number of carbonyl (C=O) groups excluding carboxylic acids is 2. The molecule has 3 amide bonds. The highest BCUT2D eigenvalue weighted by Gasteiger charge is 2.24. The summed E-state index contributed by atoms with van der Waals surface area (Å²) in [5.41, 5.74) is -0.108. The molecule has 13 heteroatoms. The Morgan fingerprint density at radius 2 is 1.53 bits per heavy atom. The van der Waals surface area contributed by atoms with Gasteiger partial charge in [0.25, 0.3) is 5.91 Å². The second kappa shape index (κ2) is 13.4. The molecular weight excluding hydrogens is 544 g/mol. The number of carboxylic acids is 3. The van der Waals surface area contributed by atoms with Crippen molar-refractivity contribution < 1.29 is 43.7 Å². The average molecular weight is 567 g/mol. The van der Waals surface area contributed by atoms with Gasteiger partial charge < -0.3 is 31.3 Å². The molecule has 11 nitrogen and oxygen atoms in total. The van der Waals surface area contributed by atoms with Gasteiger partial charge in [0.15, 0.2) is 0 Å². The zero-order valence-corrected chi connectivity index (χ0v) is 18.9. The van der Waals surface area contributed by atoms with Crippen LogP contribution in [0, 0.1) is 9.39 Å². The number of rotatable bonds is 13. The molecule has 1 aromatic carbocycles. The minimum Gasteiger partial charge on any atom is -0.481 e. The lowest BCUT2D eigenvalue weighted by atomic mass is 10.1. The summed E-state index contributed by atoms with van der Waals surface area (Å²) < 4.78 is 14.4. The highest BCUT2D eigenvalue weighted by Crippen LogP contribution is 2.12. The van der Waals surface area contributed by atoms with Gasteiger partial charge in [-0.2, -0.15) is 0 Å². The Kier molecular flexibility index (Phi) is 11.4. The van der Waals surface area contributed by atoms with Gasteiger partial charge in [-0.3, -0.25) is 9.59 Å². The summed E-state index contributed by atoms with van der Waals surface area (Å²) in [7, 11) is 0. The van der Waals surface area contributed by atoms with Crippen LogP contribution in [-0.4, -0.2) is 63.8 Å². The van der Waals surface area contributed by atoms with Crippen LogP contribution in [0.25, 0.3) is 0 Å². The van der Waals surface area contributed by atoms with Crippen LogP contribution in [0.5, 0.6) is 0 Å². The van der Waals surface area contributed by atoms with Crippen molar-refractivity contribution in [2.75, 3.05) is 6.54 Å². The first-order valence-electron chi connectivity index (χ1n) is 9.49. The number of halogens is 2. The number of carboxylic acid groups (broad SMARTS) is 3. The Balaban J connectivity index is 2.45. The number of hydrogen-bond acceptors (Lipinski definition) is 5. The van der Waals surface area contributed by atoms with E-state index in [1.165, 1.54) is 12.1 Å². The van der Waals surface area contributed by atoms with Crippen molar-refractivity contribution in [3.05, 3.63) is 33.1 Å². The number of nitrogens with one attached hydrogen (secondary N) is 3. The van der Waals surface area contributed by atoms with E-state index in [1.54, 1.807) is 6.07 Å². The van der Waals surface area contributed by atoms with Crippen LogP contribution in [0.1, 0.15) is 42.5 Å². The van der Waals surface area contributed by atoms with Crippen molar-refractivity contribution in [2.24, 2.45) is 0 Å². The quantitative estimate of drug-likeness (QED) is 0.153. The zero-order valence-electron chi connectivity index (χ0n) is 16.8. The Morgan fingerprint density at radius 3 is 2.06 bits per heavy atom. The van der Waals surface area contributed by atoms with Crippen LogP contribution in [-0.2, 0) is 14.4 Å². The van der Waals surface area contributed by atoms with E-state index in [4.69, 9.17) is 10.2 Å². The Hall–Kier alpha value is -2.97. The lowest BCUT2D eigenvalue weighted by Crippen LogP contribution is -2.51. The van der Waals surface area contributed by atoms with Crippen LogP contribution in [0.2, 0.25) is 0 Å². The van der Waals surface area contributed by atoms with Crippen molar-refractivity contribution in [2.45, 2.75) is 44.2 Å². The predicted molar refractivity (Wildman–Crippen MR) is 117 cm³/mol. The highest BCUT2D eigenvalue weighted by molar-refractivity contribution is 14.1. The van der Waals surface area contributed by atoms with Gasteiger partial charge in [-0.15, -0.1) is 0 Å². The van der Waals surface area contributed by atoms with Gasteiger partial charge in [0.05, 0.1) is 5.56 Å². The van der Waals surface area contributed by atoms with E-state index in [9.17, 15) is 33.5 Å². The fourth-order valence-electron chi connectivity index (χ4n) is 2.58. The van der Waals surface area contributed by atoms with Crippen molar-refractivity contribution >= 4 is 52.4 Å². The summed E-state index contributed by atoms with van der Waals surface area (Å²) >= 11 is 1.91. The summed E-state index contributed by atoms with van der Waals surface area (Å²) in [6.07, 6.45) is -0.229. The lowest BCUT2D eigenvalue weighted by molar-refractivity contribution is -0.140. The van der Waals surface area contributed by atoms with E-state index in [1.807, 2.05) is 27.9 Å². The maximum Gasteiger partial charge on any atom is 0.326 e. The van der Waals surface area contributed by atoms with Crippen LogP contribution >= 0.6 is 22.6 Å². The Labute approximate surface area is 195 Å². The molecule has 1 rings (SSSR count). The van der Waals surface area contributed by atoms with E-state index in [0.717, 1.165) is 0 Å². The first-order valence-corrected chi connectivity index (χ1v) is 10.6. The molecule has 6 N–H and O–H groups in total. The third kappa shape index (κ3) is 9.89. The number of carbonyl (C=O) groups is 5. The van der Waals surface area contributed by atoms with Gasteiger partial charge in [-0.25, -0.2) is 18.8 Å². The first kappa shape index (κ1) is 27.1. The average Bonchev–Trinajstić information content (AvgIpc) is 2.69. The third-order valence-corrected chi connectivity index (χ3v) is 4.91. The van der Waals surface area contributed by atoms with Crippen molar-refractivity contribution in [3.8, 4) is 0 Å². The number of urea groups is 1. The largest absolute Gasteiger partial charge is 0.481 e. The second-order valence-electron chi connectivity index (χ2n) is 6.71. The molecule has 0 spiro atoms. The molecule has 0 saturated carbocycles. The molecule has 0 radical (unpaired) electrons. The molecule has 2 atom stereocenters. The smallest absolute Gasteiger partial charge is 0.326 e. The number of benzene rings is 1. The standard InChI is InChI=1S/C19H23FIN3O8/c20-12-9-10(21)4-5-11(12)16(27)22-8-2-1-3-13(17(28)29)23-19(32)24-14(18(30)31)6-7-15(25)26/h4-5,9,13-14H,1-3,6-8H2,(H,22,27)(H,25,26)(H,28,29)(H,30,31)(H2,23,24,32)/t13-,14-/m0/s1. The summed E-state index contributed by atoms with van der Waals surface area (Å²) in [5, 5.41) is 33.6. The molecule has 0 aromatic heterocycles. The summed E-state index contributed by atoms with van der Waals surface area (Å²) in [6.45, 7) is 0.152. The van der Waals surface area contributed by atoms with Crippen LogP contribution in [0.15, 0.2) is 18.2 Å². The monoisotopic (exact) mass is 567 g/mol. The van der Waals surface area contributed by atoms with Gasteiger partial charge >= 0.3 is 23.9 Å². The molecule has 0 bridgehead atoms. The van der Waals surface area contributed by atoms with Gasteiger partial charge in [0.2, 0.25) is 0 Å². The third-order valence-electron chi connectivity index (χ3n) is 4.23. The van der Waals surface area contributed by atoms with E-state index in [-0.39, 0.29) is 31.4 Å². The van der Waals surface area contributed by atoms with Gasteiger partial charge in [-0.05, 0) is 66.5 Å². The van der Waals surface area contributed by atoms with Crippen molar-refractivity contribution in [3.63, 3.8) is 0 Å². The Bertz CT molecular complexity index is 867. The predicted octanol–water partition coefficient (Wildman–Crippen LogP) is 1.40. The lowest BCUT2D eigenvalue weighted by Gasteiger charge is -2.18. The number of hydrogen-bond donors (Lipinski definition) is 6. The zero-order chi connectivity index (χ0) is 24.3. The van der Waals surface area contributed by atoms with E-state index in [2.05, 4.69) is 10.6 Å². The number of aliphatic carboxylic acids is 3. The van der Waals surface area contributed by atoms with Gasteiger partial charge in [0.1, 0.15) is 17.9 Å². The molecule has 0 saturated heterocycles. The van der Waals surface area contributed by atoms with Crippen LogP contribution in [0.4, 0.5) is 9.18 Å². The Morgan fingerprint density at radius 1 is 0.938 bits per heavy atom. The van der Waals surface area contributed by atoms with Crippen molar-refractivity contribution in [1.29, 1.82) is 0 Å². The topological polar surface area (TPSA) is 182 Å². The molecule has 32 heavy (non-hydrogen) atoms. The fraction of sp³-hybridized carbons (Fsp3) is 0.421. The van der Waals surface area contributed by atoms with Crippen molar-refractivity contribution in [1.82, 2.24) is 16.0 Å². The maximum absolute atomic E-state index is 13.8.